The number of fused-ring (bicyclic) bond motifs is 13. The fourth-order valence-corrected chi connectivity index (χ4v) is 21.3. The Balaban J connectivity index is 0.902. The number of aryl methyl sites for hydroxylation is 3. The van der Waals surface area contributed by atoms with Gasteiger partial charge in [-0.15, -0.1) is 0 Å². The van der Waals surface area contributed by atoms with Gasteiger partial charge in [-0.1, -0.05) is 116 Å². The zero-order chi connectivity index (χ0) is 61.2. The average Bonchev–Trinajstić information content (AvgIpc) is 1.51. The van der Waals surface area contributed by atoms with E-state index < -0.39 is 47.9 Å². The topological polar surface area (TPSA) is 162 Å². The van der Waals surface area contributed by atoms with Crippen molar-refractivity contribution in [2.45, 2.75) is 176 Å². The number of ether oxygens (including phenoxy) is 4. The fourth-order valence-electron chi connectivity index (χ4n) is 21.3. The predicted octanol–water partition coefficient (Wildman–Crippen LogP) is 14.0. The summed E-state index contributed by atoms with van der Waals surface area (Å²) in [6, 6.07) is 35.9. The van der Waals surface area contributed by atoms with E-state index in [0.29, 0.717) is 65.4 Å². The molecule has 4 heterocycles. The summed E-state index contributed by atoms with van der Waals surface area (Å²) in [6.07, 6.45) is 21.7. The van der Waals surface area contributed by atoms with Gasteiger partial charge < -0.3 is 38.7 Å². The highest BCUT2D eigenvalue weighted by atomic mass is 16.6. The number of carbonyl (C=O) groups is 2. The molecule has 7 aliphatic carbocycles. The lowest BCUT2D eigenvalue weighted by Crippen LogP contribution is -2.65. The molecular formula is C79H84O11. The number of allylic oxidation sites excluding steroid dienone is 3. The normalized spacial score (nSPS) is 32.7. The number of aliphatic hydroxyl groups is 3. The van der Waals surface area contributed by atoms with Gasteiger partial charge in [-0.05, 0) is 224 Å². The van der Waals surface area contributed by atoms with E-state index in [2.05, 4.69) is 109 Å². The van der Waals surface area contributed by atoms with Gasteiger partial charge in [-0.3, -0.25) is 4.79 Å². The van der Waals surface area contributed by atoms with Crippen molar-refractivity contribution < 1.29 is 48.3 Å². The number of carbonyl (C=O) groups excluding carboxylic acids is 2. The van der Waals surface area contributed by atoms with Crippen LogP contribution < -0.4 is 10.4 Å². The summed E-state index contributed by atoms with van der Waals surface area (Å²) < 4.78 is 34.7. The van der Waals surface area contributed by atoms with Crippen LogP contribution in [-0.2, 0) is 61.5 Å². The van der Waals surface area contributed by atoms with Crippen LogP contribution in [0.4, 0.5) is 0 Å². The van der Waals surface area contributed by atoms with Gasteiger partial charge in [-0.25, -0.2) is 9.59 Å². The third-order valence-corrected chi connectivity index (χ3v) is 25.0. The maximum Gasteiger partial charge on any atom is 0.340 e. The van der Waals surface area contributed by atoms with Crippen LogP contribution in [0, 0.1) is 35.0 Å². The van der Waals surface area contributed by atoms with Gasteiger partial charge >= 0.3 is 17.6 Å². The second kappa shape index (κ2) is 22.7. The van der Waals surface area contributed by atoms with Crippen LogP contribution in [-0.4, -0.2) is 65.9 Å². The molecule has 11 nitrogen and oxygen atoms in total. The molecule has 16 rings (SSSR count). The second-order valence-electron chi connectivity index (χ2n) is 28.7. The average molecular weight is 1210 g/mol. The van der Waals surface area contributed by atoms with E-state index in [-0.39, 0.29) is 95.7 Å². The molecule has 14 atom stereocenters. The number of hydrogen-bond donors (Lipinski definition) is 3. The minimum absolute atomic E-state index is 0.0150. The standard InChI is InChI=1S/C79H84O11/c1-45(42-81)56-26-21-46-18-19-50-38-49(46)32-36-77-34-9-35-78(68(77)41-62-58-14-5-3-10-47(58)23-30-65(62)77)74(89-75(56)84)73(71-67(90-78)31-29-61-63(43-82)70(76(85)88-72(61)71)52(33-37-80)44-86-2)87-69(83)40-53-39-51(22-27-57(50)53)59-15-8-17-66-60(59)28-25-55-13-7-12-54-24-20-48-11-4-6-16-64(48)79(54,55)66/h3-6,8,10-11,14-19,22-23,27,29-31,38,51-55,57,62,65,68,73-74,80-82H,7,9,12-13,20-21,24-26,28,32-37,39-44H2,1-2H3/b56-45-/t51-,52-,53+,54+,55+,57+,62+,65+,68-,73-,74+,77-,78+,79+/m1/s1. The Morgan fingerprint density at radius 3 is 2.41 bits per heavy atom. The van der Waals surface area contributed by atoms with Crippen LogP contribution in [0.5, 0.6) is 5.75 Å². The Morgan fingerprint density at radius 2 is 1.57 bits per heavy atom. The summed E-state index contributed by atoms with van der Waals surface area (Å²) in [6.45, 7) is 0.759. The summed E-state index contributed by atoms with van der Waals surface area (Å²) in [4.78, 5) is 46.9. The quantitative estimate of drug-likeness (QED) is 0.0576. The fraction of sp³-hybridized carbons (Fsp3) is 0.481. The molecular weight excluding hydrogens is 1120 g/mol. The first kappa shape index (κ1) is 58.2. The summed E-state index contributed by atoms with van der Waals surface area (Å²) >= 11 is 0. The van der Waals surface area contributed by atoms with Crippen LogP contribution in [0.3, 0.4) is 0 Å². The molecule has 3 fully saturated rings. The molecule has 2 spiro atoms. The first-order valence-electron chi connectivity index (χ1n) is 34.0. The monoisotopic (exact) mass is 1210 g/mol. The van der Waals surface area contributed by atoms with E-state index in [9.17, 15) is 20.1 Å². The molecule has 11 heteroatoms. The molecule has 0 radical (unpaired) electrons. The molecule has 5 aromatic carbocycles. The van der Waals surface area contributed by atoms with E-state index in [4.69, 9.17) is 23.4 Å². The zero-order valence-corrected chi connectivity index (χ0v) is 52.1. The first-order chi connectivity index (χ1) is 44.0. The van der Waals surface area contributed by atoms with Gasteiger partial charge in [0.25, 0.3) is 0 Å². The van der Waals surface area contributed by atoms with E-state index >= 15 is 9.59 Å². The van der Waals surface area contributed by atoms with Crippen molar-refractivity contribution in [2.75, 3.05) is 26.9 Å². The lowest BCUT2D eigenvalue weighted by molar-refractivity contribution is -0.221. The van der Waals surface area contributed by atoms with Crippen molar-refractivity contribution in [3.63, 3.8) is 0 Å². The Hall–Kier alpha value is -6.89. The molecule has 0 amide bonds. The van der Waals surface area contributed by atoms with Gasteiger partial charge in [0.2, 0.25) is 0 Å². The van der Waals surface area contributed by atoms with Crippen LogP contribution >= 0.6 is 0 Å². The molecule has 3 aliphatic heterocycles. The highest BCUT2D eigenvalue weighted by Gasteiger charge is 2.70. The Labute approximate surface area is 527 Å². The smallest absolute Gasteiger partial charge is 0.340 e. The molecule has 6 bridgehead atoms. The largest absolute Gasteiger partial charge is 0.482 e. The second-order valence-corrected chi connectivity index (χ2v) is 28.7. The van der Waals surface area contributed by atoms with Crippen LogP contribution in [0.25, 0.3) is 17.0 Å². The maximum absolute atomic E-state index is 16.2. The summed E-state index contributed by atoms with van der Waals surface area (Å²) in [5.74, 6) is -0.400. The number of methoxy groups -OCH3 is 1. The Bertz CT molecular complexity index is 4020. The highest BCUT2D eigenvalue weighted by molar-refractivity contribution is 5.91. The van der Waals surface area contributed by atoms with E-state index in [0.717, 1.165) is 62.5 Å². The lowest BCUT2D eigenvalue weighted by Gasteiger charge is -2.58. The molecule has 3 N–H and O–H groups in total. The predicted molar refractivity (Wildman–Crippen MR) is 344 cm³/mol. The number of esters is 2. The minimum Gasteiger partial charge on any atom is -0.482 e. The van der Waals surface area contributed by atoms with Gasteiger partial charge in [-0.2, -0.15) is 0 Å². The Morgan fingerprint density at radius 1 is 0.744 bits per heavy atom. The molecule has 10 aliphatic rings. The molecule has 3 saturated carbocycles. The molecule has 0 unspecified atom stereocenters. The van der Waals surface area contributed by atoms with Crippen molar-refractivity contribution in [3.05, 3.63) is 209 Å². The summed E-state index contributed by atoms with van der Waals surface area (Å²) in [5.41, 5.74) is 12.9. The molecule has 1 aromatic heterocycles. The SMILES string of the molecule is COC[C@@H](CCO)c1c(CO)c2ccc3c(c2oc1=O)[C@H]1OC(=O)C[C@@H]2C[C@H](c4cccc5c4CC[C@@H]4CCC[C@H]6CCc7ccccc7[C@]564)C=C[C@H]2c2ccc4c(c2)CC[C@@]25CCC[C@](O3)([C@@H]2C[C@H]2c3ccccc3C=C[C@@H]25)[C@H]1OC(=O)/C(=C(/C)CO)CC4. The third kappa shape index (κ3) is 8.81. The van der Waals surface area contributed by atoms with E-state index in [1.807, 2.05) is 12.1 Å². The molecule has 6 aromatic rings. The van der Waals surface area contributed by atoms with Crippen molar-refractivity contribution in [1.29, 1.82) is 0 Å². The minimum atomic E-state index is -1.34. The number of benzene rings is 5. The number of hydrogen-bond acceptors (Lipinski definition) is 11. The van der Waals surface area contributed by atoms with Gasteiger partial charge in [0, 0.05) is 65.7 Å². The van der Waals surface area contributed by atoms with Crippen LogP contribution in [0.2, 0.25) is 0 Å². The van der Waals surface area contributed by atoms with Crippen LogP contribution in [0.15, 0.2) is 136 Å². The van der Waals surface area contributed by atoms with Crippen molar-refractivity contribution >= 4 is 29.0 Å². The van der Waals surface area contributed by atoms with E-state index in [1.54, 1.807) is 12.5 Å². The lowest BCUT2D eigenvalue weighted by atomic mass is 9.46. The summed E-state index contributed by atoms with van der Waals surface area (Å²) in [7, 11) is 1.53. The highest BCUT2D eigenvalue weighted by Crippen LogP contribution is 2.71. The van der Waals surface area contributed by atoms with Gasteiger partial charge in [0.05, 0.1) is 25.4 Å². The Kier molecular flexibility index (Phi) is 14.7. The van der Waals surface area contributed by atoms with Crippen LogP contribution in [0.1, 0.15) is 199 Å². The summed E-state index contributed by atoms with van der Waals surface area (Å²) in [5, 5.41) is 33.1. The molecule has 90 heavy (non-hydrogen) atoms. The van der Waals surface area contributed by atoms with Crippen molar-refractivity contribution in [2.24, 2.45) is 35.0 Å². The van der Waals surface area contributed by atoms with Crippen molar-refractivity contribution in [3.8, 4) is 5.75 Å². The van der Waals surface area contributed by atoms with Crippen molar-refractivity contribution in [1.82, 2.24) is 0 Å². The maximum atomic E-state index is 16.2. The number of rotatable bonds is 8. The molecule has 0 saturated heterocycles. The number of aliphatic hydroxyl groups excluding tert-OH is 3. The van der Waals surface area contributed by atoms with Gasteiger partial charge in [0.15, 0.2) is 17.8 Å². The first-order valence-corrected chi connectivity index (χ1v) is 34.0. The molecule has 466 valence electrons. The van der Waals surface area contributed by atoms with Gasteiger partial charge in [0.1, 0.15) is 11.3 Å². The third-order valence-electron chi connectivity index (χ3n) is 25.0. The zero-order valence-electron chi connectivity index (χ0n) is 52.1. The van der Waals surface area contributed by atoms with E-state index in [1.165, 1.54) is 71.7 Å².